The van der Waals surface area contributed by atoms with Crippen molar-refractivity contribution in [2.45, 2.75) is 50.9 Å². The Kier molecular flexibility index (Phi) is 8.01. The average molecular weight is 609 g/mol. The molecule has 1 aliphatic heterocycles. The molecular weight excluding hydrogens is 573 g/mol. The largest absolute Gasteiger partial charge is 0.354 e. The van der Waals surface area contributed by atoms with Gasteiger partial charge in [-0.1, -0.05) is 19.9 Å². The fourth-order valence-corrected chi connectivity index (χ4v) is 7.57. The molecule has 4 aromatic rings. The number of amides is 1. The van der Waals surface area contributed by atoms with E-state index in [1.54, 1.807) is 34.2 Å². The standard InChI is InChI=1S/C29H36N8O3S2/c1-4-35(5-2)19(3)15-30-29(38)20-13-25(23-16-31-37-11-10-24(33-28(23)37)26-7-6-12-41-26)32-27(14-20)36-17-22(18-36)42(39,40)34-21-8-9-21/h6-7,10-14,16,19,21-22,34H,4-5,8-9,15,17-18H2,1-3H3,(H,30,38). The molecule has 1 aliphatic carbocycles. The van der Waals surface area contributed by atoms with Gasteiger partial charge < -0.3 is 10.2 Å². The Hall–Kier alpha value is -3.39. The van der Waals surface area contributed by atoms with Gasteiger partial charge in [0.1, 0.15) is 11.1 Å². The number of anilines is 1. The minimum absolute atomic E-state index is 0.0710. The van der Waals surface area contributed by atoms with Gasteiger partial charge in [0.25, 0.3) is 5.91 Å². The van der Waals surface area contributed by atoms with Crippen LogP contribution in [0.25, 0.3) is 27.5 Å². The maximum absolute atomic E-state index is 13.5. The van der Waals surface area contributed by atoms with Crippen LogP contribution in [0.15, 0.2) is 48.1 Å². The molecule has 1 amide bonds. The molecule has 11 nitrogen and oxygen atoms in total. The number of rotatable bonds is 12. The lowest BCUT2D eigenvalue weighted by molar-refractivity contribution is 0.0938. The molecular formula is C29H36N8O3S2. The first-order chi connectivity index (χ1) is 20.3. The highest BCUT2D eigenvalue weighted by atomic mass is 32.2. The summed E-state index contributed by atoms with van der Waals surface area (Å²) < 4.78 is 30.0. The summed E-state index contributed by atoms with van der Waals surface area (Å²) in [6.07, 6.45) is 5.36. The summed E-state index contributed by atoms with van der Waals surface area (Å²) in [5, 5.41) is 9.07. The van der Waals surface area contributed by atoms with Crippen LogP contribution in [0.5, 0.6) is 0 Å². The number of carbonyl (C=O) groups excluding carboxylic acids is 1. The van der Waals surface area contributed by atoms with Crippen LogP contribution in [-0.4, -0.2) is 88.9 Å². The van der Waals surface area contributed by atoms with Crippen LogP contribution in [0.1, 0.15) is 44.0 Å². The molecule has 0 spiro atoms. The topological polar surface area (TPSA) is 125 Å². The van der Waals surface area contributed by atoms with E-state index in [-0.39, 0.29) is 18.0 Å². The molecule has 1 atom stereocenters. The van der Waals surface area contributed by atoms with Crippen molar-refractivity contribution in [2.75, 3.05) is 37.6 Å². The number of thiophene rings is 1. The Morgan fingerprint density at radius 1 is 1.14 bits per heavy atom. The molecule has 2 fully saturated rings. The molecule has 1 saturated heterocycles. The van der Waals surface area contributed by atoms with Crippen molar-refractivity contribution >= 4 is 38.7 Å². The molecule has 222 valence electrons. The van der Waals surface area contributed by atoms with Gasteiger partial charge in [-0.05, 0) is 62.5 Å². The van der Waals surface area contributed by atoms with Gasteiger partial charge in [0.15, 0.2) is 5.65 Å². The third-order valence-electron chi connectivity index (χ3n) is 8.01. The van der Waals surface area contributed by atoms with Crippen molar-refractivity contribution in [2.24, 2.45) is 0 Å². The lowest BCUT2D eigenvalue weighted by atomic mass is 10.1. The van der Waals surface area contributed by atoms with Crippen molar-refractivity contribution in [1.29, 1.82) is 0 Å². The van der Waals surface area contributed by atoms with E-state index in [4.69, 9.17) is 9.97 Å². The van der Waals surface area contributed by atoms with E-state index in [9.17, 15) is 13.2 Å². The zero-order valence-electron chi connectivity index (χ0n) is 24.0. The summed E-state index contributed by atoms with van der Waals surface area (Å²) in [5.41, 5.74) is 3.17. The number of fused-ring (bicyclic) bond motifs is 1. The van der Waals surface area contributed by atoms with Crippen LogP contribution in [0.3, 0.4) is 0 Å². The summed E-state index contributed by atoms with van der Waals surface area (Å²) in [6.45, 7) is 9.26. The molecule has 13 heteroatoms. The van der Waals surface area contributed by atoms with E-state index in [0.717, 1.165) is 36.5 Å². The second kappa shape index (κ2) is 11.7. The predicted molar refractivity (Wildman–Crippen MR) is 165 cm³/mol. The number of hydrogen-bond acceptors (Lipinski definition) is 9. The van der Waals surface area contributed by atoms with E-state index in [0.29, 0.717) is 47.9 Å². The number of nitrogens with one attached hydrogen (secondary N) is 2. The monoisotopic (exact) mass is 608 g/mol. The molecule has 0 aromatic carbocycles. The minimum atomic E-state index is -3.39. The first kappa shape index (κ1) is 28.7. The molecule has 42 heavy (non-hydrogen) atoms. The SMILES string of the molecule is CCN(CC)C(C)CNC(=O)c1cc(-c2cnn3ccc(-c4cccs4)nc23)nc(N2CC(S(=O)(=O)NC3CC3)C2)c1. The summed E-state index contributed by atoms with van der Waals surface area (Å²) in [5.74, 6) is 0.351. The van der Waals surface area contributed by atoms with E-state index in [1.165, 1.54) is 0 Å². The summed E-state index contributed by atoms with van der Waals surface area (Å²) in [7, 11) is -3.39. The molecule has 5 heterocycles. The molecule has 6 rings (SSSR count). The molecule has 0 radical (unpaired) electrons. The maximum atomic E-state index is 13.5. The second-order valence-electron chi connectivity index (χ2n) is 11.0. The minimum Gasteiger partial charge on any atom is -0.354 e. The van der Waals surface area contributed by atoms with Gasteiger partial charge in [-0.2, -0.15) is 5.10 Å². The number of carbonyl (C=O) groups is 1. The highest BCUT2D eigenvalue weighted by Gasteiger charge is 2.41. The van der Waals surface area contributed by atoms with Crippen LogP contribution in [0, 0.1) is 0 Å². The molecule has 0 bridgehead atoms. The number of sulfonamides is 1. The highest BCUT2D eigenvalue weighted by Crippen LogP contribution is 2.31. The summed E-state index contributed by atoms with van der Waals surface area (Å²) >= 11 is 1.61. The van der Waals surface area contributed by atoms with Crippen LogP contribution < -0.4 is 14.9 Å². The van der Waals surface area contributed by atoms with Crippen molar-refractivity contribution in [3.05, 3.63) is 53.7 Å². The van der Waals surface area contributed by atoms with Gasteiger partial charge in [-0.25, -0.2) is 27.6 Å². The van der Waals surface area contributed by atoms with Crippen LogP contribution in [-0.2, 0) is 10.0 Å². The van der Waals surface area contributed by atoms with Crippen molar-refractivity contribution in [3.8, 4) is 21.8 Å². The highest BCUT2D eigenvalue weighted by molar-refractivity contribution is 7.90. The van der Waals surface area contributed by atoms with Crippen molar-refractivity contribution in [3.63, 3.8) is 0 Å². The normalized spacial score (nSPS) is 16.6. The third-order valence-corrected chi connectivity index (χ3v) is 10.7. The molecule has 4 aromatic heterocycles. The van der Waals surface area contributed by atoms with Gasteiger partial charge >= 0.3 is 0 Å². The fourth-order valence-electron chi connectivity index (χ4n) is 5.23. The van der Waals surface area contributed by atoms with Crippen molar-refractivity contribution in [1.82, 2.24) is 34.5 Å². The van der Waals surface area contributed by atoms with Gasteiger partial charge in [-0.15, -0.1) is 11.3 Å². The van der Waals surface area contributed by atoms with Gasteiger partial charge in [-0.3, -0.25) is 9.69 Å². The van der Waals surface area contributed by atoms with Crippen LogP contribution >= 0.6 is 11.3 Å². The van der Waals surface area contributed by atoms with E-state index in [2.05, 4.69) is 40.8 Å². The average Bonchev–Trinajstić information content (AvgIpc) is 3.41. The lowest BCUT2D eigenvalue weighted by Gasteiger charge is -2.39. The Labute approximate surface area is 250 Å². The quantitative estimate of drug-likeness (QED) is 0.251. The van der Waals surface area contributed by atoms with Crippen LogP contribution in [0.4, 0.5) is 5.82 Å². The zero-order valence-corrected chi connectivity index (χ0v) is 25.7. The first-order valence-electron chi connectivity index (χ1n) is 14.4. The van der Waals surface area contributed by atoms with Gasteiger partial charge in [0.2, 0.25) is 10.0 Å². The first-order valence-corrected chi connectivity index (χ1v) is 16.9. The number of hydrogen-bond donors (Lipinski definition) is 2. The van der Waals surface area contributed by atoms with Gasteiger partial charge in [0, 0.05) is 43.5 Å². The molecule has 2 N–H and O–H groups in total. The Morgan fingerprint density at radius 3 is 2.62 bits per heavy atom. The lowest BCUT2D eigenvalue weighted by Crippen LogP contribution is -2.58. The number of pyridine rings is 1. The Balaban J connectivity index is 1.31. The van der Waals surface area contributed by atoms with E-state index in [1.807, 2.05) is 34.7 Å². The summed E-state index contributed by atoms with van der Waals surface area (Å²) in [6, 6.07) is 9.69. The Morgan fingerprint density at radius 2 is 1.93 bits per heavy atom. The number of aromatic nitrogens is 4. The maximum Gasteiger partial charge on any atom is 0.251 e. The predicted octanol–water partition coefficient (Wildman–Crippen LogP) is 3.25. The molecule has 1 unspecified atom stereocenters. The smallest absolute Gasteiger partial charge is 0.251 e. The van der Waals surface area contributed by atoms with E-state index < -0.39 is 15.3 Å². The number of nitrogens with zero attached hydrogens (tertiary/aromatic N) is 6. The summed E-state index contributed by atoms with van der Waals surface area (Å²) in [4.78, 5) is 28.5. The fraction of sp³-hybridized carbons (Fsp3) is 0.448. The van der Waals surface area contributed by atoms with Gasteiger partial charge in [0.05, 0.1) is 28.0 Å². The number of likely N-dealkylation sites (N-methyl/N-ethyl adjacent to an activating group) is 1. The molecule has 1 saturated carbocycles. The molecule has 2 aliphatic rings. The van der Waals surface area contributed by atoms with Crippen molar-refractivity contribution < 1.29 is 13.2 Å². The van der Waals surface area contributed by atoms with Crippen LogP contribution in [0.2, 0.25) is 0 Å². The Bertz CT molecular complexity index is 1670. The zero-order chi connectivity index (χ0) is 29.4. The van der Waals surface area contributed by atoms with E-state index >= 15 is 0 Å². The second-order valence-corrected chi connectivity index (χ2v) is 13.9. The third kappa shape index (κ3) is 5.91.